The van der Waals surface area contributed by atoms with Gasteiger partial charge in [0.1, 0.15) is 11.8 Å². The summed E-state index contributed by atoms with van der Waals surface area (Å²) in [7, 11) is 0. The van der Waals surface area contributed by atoms with Gasteiger partial charge in [0.15, 0.2) is 5.82 Å². The highest BCUT2D eigenvalue weighted by Crippen LogP contribution is 2.23. The number of hydrogen-bond acceptors (Lipinski definition) is 5. The zero-order valence-electron chi connectivity index (χ0n) is 14.8. The molecule has 2 heterocycles. The van der Waals surface area contributed by atoms with Crippen molar-refractivity contribution in [3.05, 3.63) is 70.9 Å². The summed E-state index contributed by atoms with van der Waals surface area (Å²) in [6.07, 6.45) is 0. The molecule has 4 rings (SSSR count). The Morgan fingerprint density at radius 1 is 0.926 bits per heavy atom. The topological polar surface area (TPSA) is 61.0 Å². The van der Waals surface area contributed by atoms with Crippen molar-refractivity contribution in [3.8, 4) is 11.8 Å². The minimum absolute atomic E-state index is 0.325. The summed E-state index contributed by atoms with van der Waals surface area (Å²) in [5, 5.41) is 18.9. The van der Waals surface area contributed by atoms with Gasteiger partial charge in [-0.25, -0.2) is 0 Å². The molecular weight excluding hydrogens is 360 g/mol. The van der Waals surface area contributed by atoms with Gasteiger partial charge in [-0.3, -0.25) is 4.90 Å². The fourth-order valence-electron chi connectivity index (χ4n) is 3.27. The number of benzene rings is 2. The minimum atomic E-state index is 0.325. The quantitative estimate of drug-likeness (QED) is 0.698. The molecular formula is C20H19ClN6. The van der Waals surface area contributed by atoms with Crippen molar-refractivity contribution in [2.75, 3.05) is 31.1 Å². The standard InChI is InChI=1S/C20H19ClN6/c21-17-8-4-5-9-19(17)27-23-18(14-22)20(24-27)26-12-10-25(11-13-26)15-16-6-2-1-3-7-16/h1-9H,10-13,15H2. The van der Waals surface area contributed by atoms with Gasteiger partial charge in [0.2, 0.25) is 5.69 Å². The summed E-state index contributed by atoms with van der Waals surface area (Å²) in [5.74, 6) is 0.622. The molecule has 2 aromatic carbocycles. The first-order valence-corrected chi connectivity index (χ1v) is 9.26. The van der Waals surface area contributed by atoms with Gasteiger partial charge in [-0.2, -0.15) is 5.26 Å². The SMILES string of the molecule is N#Cc1nn(-c2ccccc2Cl)nc1N1CCN(Cc2ccccc2)CC1. The highest BCUT2D eigenvalue weighted by atomic mass is 35.5. The number of para-hydroxylation sites is 1. The predicted molar refractivity (Wildman–Crippen MR) is 105 cm³/mol. The lowest BCUT2D eigenvalue weighted by Crippen LogP contribution is -2.46. The van der Waals surface area contributed by atoms with Crippen LogP contribution in [0.2, 0.25) is 5.02 Å². The number of anilines is 1. The molecule has 1 saturated heterocycles. The normalized spacial score (nSPS) is 14.9. The summed E-state index contributed by atoms with van der Waals surface area (Å²) < 4.78 is 0. The molecule has 3 aromatic rings. The van der Waals surface area contributed by atoms with Gasteiger partial charge in [-0.1, -0.05) is 54.1 Å². The molecule has 1 fully saturated rings. The van der Waals surface area contributed by atoms with Gasteiger partial charge in [0.05, 0.1) is 5.02 Å². The Bertz CT molecular complexity index is 954. The van der Waals surface area contributed by atoms with E-state index in [0.717, 1.165) is 32.7 Å². The molecule has 0 N–H and O–H groups in total. The molecule has 0 radical (unpaired) electrons. The molecule has 7 heteroatoms. The molecule has 27 heavy (non-hydrogen) atoms. The van der Waals surface area contributed by atoms with Crippen molar-refractivity contribution < 1.29 is 0 Å². The predicted octanol–water partition coefficient (Wildman–Crippen LogP) is 3.11. The third-order valence-electron chi connectivity index (χ3n) is 4.69. The van der Waals surface area contributed by atoms with E-state index in [1.807, 2.05) is 24.3 Å². The number of halogens is 1. The maximum atomic E-state index is 9.49. The fraction of sp³-hybridized carbons (Fsp3) is 0.250. The van der Waals surface area contributed by atoms with E-state index in [1.165, 1.54) is 10.4 Å². The molecule has 6 nitrogen and oxygen atoms in total. The number of rotatable bonds is 4. The van der Waals surface area contributed by atoms with E-state index in [2.05, 4.69) is 50.3 Å². The van der Waals surface area contributed by atoms with Crippen LogP contribution in [0.4, 0.5) is 5.82 Å². The van der Waals surface area contributed by atoms with Gasteiger partial charge < -0.3 is 4.90 Å². The molecule has 1 aliphatic heterocycles. The number of nitriles is 1. The molecule has 1 aromatic heterocycles. The largest absolute Gasteiger partial charge is 0.350 e. The Balaban J connectivity index is 1.48. The fourth-order valence-corrected chi connectivity index (χ4v) is 3.48. The van der Waals surface area contributed by atoms with Crippen molar-refractivity contribution in [2.24, 2.45) is 0 Å². The first-order valence-electron chi connectivity index (χ1n) is 8.88. The lowest BCUT2D eigenvalue weighted by atomic mass is 10.2. The van der Waals surface area contributed by atoms with Crippen LogP contribution in [0.1, 0.15) is 11.3 Å². The third kappa shape index (κ3) is 3.80. The van der Waals surface area contributed by atoms with E-state index < -0.39 is 0 Å². The van der Waals surface area contributed by atoms with Crippen LogP contribution in [0.3, 0.4) is 0 Å². The van der Waals surface area contributed by atoms with Crippen LogP contribution < -0.4 is 4.90 Å². The molecule has 0 aliphatic carbocycles. The molecule has 0 amide bonds. The van der Waals surface area contributed by atoms with E-state index in [1.54, 1.807) is 6.07 Å². The average Bonchev–Trinajstić information content (AvgIpc) is 3.14. The Morgan fingerprint density at radius 3 is 2.33 bits per heavy atom. The van der Waals surface area contributed by atoms with Gasteiger partial charge >= 0.3 is 0 Å². The molecule has 0 spiro atoms. The second-order valence-electron chi connectivity index (χ2n) is 6.47. The number of nitrogens with zero attached hydrogens (tertiary/aromatic N) is 6. The van der Waals surface area contributed by atoms with E-state index in [0.29, 0.717) is 22.2 Å². The molecule has 1 aliphatic rings. The van der Waals surface area contributed by atoms with E-state index >= 15 is 0 Å². The van der Waals surface area contributed by atoms with E-state index in [4.69, 9.17) is 11.6 Å². The number of hydrogen-bond donors (Lipinski definition) is 0. The minimum Gasteiger partial charge on any atom is -0.350 e. The second kappa shape index (κ2) is 7.78. The van der Waals surface area contributed by atoms with Crippen LogP contribution >= 0.6 is 11.6 Å². The Labute approximate surface area is 163 Å². The summed E-state index contributed by atoms with van der Waals surface area (Å²) in [5.41, 5.74) is 2.31. The smallest absolute Gasteiger partial charge is 0.207 e. The van der Waals surface area contributed by atoms with Gasteiger partial charge in [0, 0.05) is 32.7 Å². The zero-order valence-corrected chi connectivity index (χ0v) is 15.5. The van der Waals surface area contributed by atoms with Crippen molar-refractivity contribution in [1.29, 1.82) is 5.26 Å². The zero-order chi connectivity index (χ0) is 18.6. The number of aromatic nitrogens is 3. The van der Waals surface area contributed by atoms with Crippen molar-refractivity contribution >= 4 is 17.4 Å². The third-order valence-corrected chi connectivity index (χ3v) is 5.01. The van der Waals surface area contributed by atoms with Crippen LogP contribution in [-0.4, -0.2) is 46.1 Å². The lowest BCUT2D eigenvalue weighted by Gasteiger charge is -2.34. The molecule has 0 saturated carbocycles. The maximum Gasteiger partial charge on any atom is 0.207 e. The van der Waals surface area contributed by atoms with Crippen molar-refractivity contribution in [3.63, 3.8) is 0 Å². The van der Waals surface area contributed by atoms with Crippen molar-refractivity contribution in [2.45, 2.75) is 6.54 Å². The Hall–Kier alpha value is -2.88. The average molecular weight is 379 g/mol. The maximum absolute atomic E-state index is 9.49. The van der Waals surface area contributed by atoms with Crippen LogP contribution in [-0.2, 0) is 6.54 Å². The van der Waals surface area contributed by atoms with Gasteiger partial charge in [-0.05, 0) is 17.7 Å². The summed E-state index contributed by atoms with van der Waals surface area (Å²) in [6.45, 7) is 4.38. The Kier molecular flexibility index (Phi) is 5.05. The monoisotopic (exact) mass is 378 g/mol. The first-order chi connectivity index (χ1) is 13.2. The second-order valence-corrected chi connectivity index (χ2v) is 6.88. The van der Waals surface area contributed by atoms with Crippen LogP contribution in [0.25, 0.3) is 5.69 Å². The lowest BCUT2D eigenvalue weighted by molar-refractivity contribution is 0.249. The van der Waals surface area contributed by atoms with E-state index in [9.17, 15) is 5.26 Å². The first kappa shape index (κ1) is 17.5. The van der Waals surface area contributed by atoms with Gasteiger partial charge in [-0.15, -0.1) is 15.0 Å². The summed E-state index contributed by atoms with van der Waals surface area (Å²) in [4.78, 5) is 5.99. The van der Waals surface area contributed by atoms with Crippen LogP contribution in [0.15, 0.2) is 54.6 Å². The Morgan fingerprint density at radius 2 is 1.63 bits per heavy atom. The summed E-state index contributed by atoms with van der Waals surface area (Å²) in [6, 6.07) is 20.0. The summed E-state index contributed by atoms with van der Waals surface area (Å²) >= 11 is 6.24. The molecule has 0 atom stereocenters. The molecule has 0 unspecified atom stereocenters. The van der Waals surface area contributed by atoms with E-state index in [-0.39, 0.29) is 0 Å². The highest BCUT2D eigenvalue weighted by molar-refractivity contribution is 6.32. The molecule has 136 valence electrons. The van der Waals surface area contributed by atoms with Crippen LogP contribution in [0, 0.1) is 11.3 Å². The number of piperazine rings is 1. The van der Waals surface area contributed by atoms with Gasteiger partial charge in [0.25, 0.3) is 0 Å². The van der Waals surface area contributed by atoms with Crippen LogP contribution in [0.5, 0.6) is 0 Å². The van der Waals surface area contributed by atoms with Crippen molar-refractivity contribution in [1.82, 2.24) is 19.9 Å². The molecule has 0 bridgehead atoms. The highest BCUT2D eigenvalue weighted by Gasteiger charge is 2.23.